The molecule has 1 saturated heterocycles. The van der Waals surface area contributed by atoms with Crippen molar-refractivity contribution >= 4 is 15.9 Å². The maximum Gasteiger partial charge on any atom is 0.226 e. The number of amides is 1. The second-order valence-electron chi connectivity index (χ2n) is 8.23. The molecule has 1 amide bonds. The first-order valence-corrected chi connectivity index (χ1v) is 11.6. The minimum atomic E-state index is -3.30. The van der Waals surface area contributed by atoms with Crippen LogP contribution in [0, 0.1) is 11.8 Å². The second kappa shape index (κ2) is 7.92. The molecule has 3 aliphatic rings. The molecule has 0 radical (unpaired) electrons. The molecule has 1 heterocycles. The first-order valence-electron chi connectivity index (χ1n) is 9.73. The number of rotatable bonds is 6. The van der Waals surface area contributed by atoms with Gasteiger partial charge in [-0.15, -0.1) is 0 Å². The largest absolute Gasteiger partial charge is 0.376 e. The van der Waals surface area contributed by atoms with Crippen LogP contribution >= 0.6 is 0 Å². The summed E-state index contributed by atoms with van der Waals surface area (Å²) >= 11 is 0. The molecule has 0 aromatic heterocycles. The summed E-state index contributed by atoms with van der Waals surface area (Å²) in [5.41, 5.74) is 0. The zero-order valence-electron chi connectivity index (χ0n) is 15.4. The number of carbonyl (C=O) groups is 1. The Bertz CT molecular complexity index is 568. The summed E-state index contributed by atoms with van der Waals surface area (Å²) in [5, 5.41) is 0. The van der Waals surface area contributed by atoms with E-state index < -0.39 is 10.0 Å². The third kappa shape index (κ3) is 5.41. The van der Waals surface area contributed by atoms with E-state index in [1.807, 2.05) is 4.90 Å². The lowest BCUT2D eigenvalue weighted by molar-refractivity contribution is -0.140. The molecule has 0 bridgehead atoms. The lowest BCUT2D eigenvalue weighted by Crippen LogP contribution is -2.59. The van der Waals surface area contributed by atoms with Crippen molar-refractivity contribution in [2.45, 2.75) is 76.5 Å². The zero-order valence-corrected chi connectivity index (χ0v) is 16.3. The van der Waals surface area contributed by atoms with Gasteiger partial charge in [0.15, 0.2) is 0 Å². The Hall–Kier alpha value is -0.660. The molecule has 0 unspecified atom stereocenters. The van der Waals surface area contributed by atoms with Crippen molar-refractivity contribution in [3.63, 3.8) is 0 Å². The van der Waals surface area contributed by atoms with Crippen LogP contribution in [0.25, 0.3) is 0 Å². The van der Waals surface area contributed by atoms with E-state index in [-0.39, 0.29) is 30.0 Å². The minimum Gasteiger partial charge on any atom is -0.376 e. The summed E-state index contributed by atoms with van der Waals surface area (Å²) in [6.07, 6.45) is 9.46. The molecule has 3 rings (SSSR count). The molecule has 0 aromatic carbocycles. The molecular weight excluding hydrogens is 340 g/mol. The summed E-state index contributed by atoms with van der Waals surface area (Å²) in [4.78, 5) is 14.6. The number of nitrogens with zero attached hydrogens (tertiary/aromatic N) is 1. The van der Waals surface area contributed by atoms with Crippen LogP contribution < -0.4 is 4.72 Å². The number of ether oxygens (including phenoxy) is 1. The Labute approximate surface area is 151 Å². The Morgan fingerprint density at radius 2 is 1.80 bits per heavy atom. The van der Waals surface area contributed by atoms with Crippen molar-refractivity contribution in [3.8, 4) is 0 Å². The van der Waals surface area contributed by atoms with Crippen LogP contribution in [0.4, 0.5) is 0 Å². The number of nitrogens with one attached hydrogen (secondary N) is 1. The van der Waals surface area contributed by atoms with E-state index >= 15 is 0 Å². The zero-order chi connectivity index (χ0) is 18.0. The standard InChI is InChI=1S/C18H32N2O4S/c1-13-5-9-15(10-6-13)24-12-17-16(19-25(2,22)23)4-3-11-20(17)18(21)14-7-8-14/h13-17,19H,3-12H2,1-2H3/t13-,15+,16-,17-/m0/s1. The van der Waals surface area contributed by atoms with Gasteiger partial charge in [-0.2, -0.15) is 0 Å². The normalized spacial score (nSPS) is 34.1. The highest BCUT2D eigenvalue weighted by Crippen LogP contribution is 2.34. The van der Waals surface area contributed by atoms with Gasteiger partial charge in [-0.05, 0) is 57.3 Å². The molecule has 144 valence electrons. The van der Waals surface area contributed by atoms with Crippen LogP contribution in [0.15, 0.2) is 0 Å². The van der Waals surface area contributed by atoms with E-state index in [0.717, 1.165) is 44.4 Å². The maximum atomic E-state index is 12.7. The van der Waals surface area contributed by atoms with Gasteiger partial charge in [-0.25, -0.2) is 13.1 Å². The number of sulfonamides is 1. The lowest BCUT2D eigenvalue weighted by atomic mass is 9.89. The first kappa shape index (κ1) is 19.1. The van der Waals surface area contributed by atoms with Crippen LogP contribution in [0.1, 0.15) is 58.3 Å². The third-order valence-electron chi connectivity index (χ3n) is 5.82. The molecule has 0 spiro atoms. The SMILES string of the molecule is CS(=O)(=O)N[C@H]1CCCN(C(=O)C2CC2)[C@H]1CO[C@H]1CC[C@@H](C)CC1. The fourth-order valence-electron chi connectivity index (χ4n) is 4.14. The Morgan fingerprint density at radius 1 is 1.12 bits per heavy atom. The molecule has 7 heteroatoms. The predicted molar refractivity (Wildman–Crippen MR) is 96.6 cm³/mol. The molecular formula is C18H32N2O4S. The number of carbonyl (C=O) groups excluding carboxylic acids is 1. The highest BCUT2D eigenvalue weighted by Gasteiger charge is 2.41. The Kier molecular flexibility index (Phi) is 6.06. The summed E-state index contributed by atoms with van der Waals surface area (Å²) in [7, 11) is -3.30. The van der Waals surface area contributed by atoms with Gasteiger partial charge in [-0.3, -0.25) is 4.79 Å². The molecule has 2 saturated carbocycles. The second-order valence-corrected chi connectivity index (χ2v) is 10.0. The van der Waals surface area contributed by atoms with Gasteiger partial charge in [0.25, 0.3) is 0 Å². The topological polar surface area (TPSA) is 75.7 Å². The van der Waals surface area contributed by atoms with E-state index in [4.69, 9.17) is 4.74 Å². The fraction of sp³-hybridized carbons (Fsp3) is 0.944. The summed E-state index contributed by atoms with van der Waals surface area (Å²) in [6.45, 7) is 3.43. The van der Waals surface area contributed by atoms with Gasteiger partial charge in [0, 0.05) is 18.5 Å². The van der Waals surface area contributed by atoms with E-state index in [9.17, 15) is 13.2 Å². The molecule has 0 aromatic rings. The van der Waals surface area contributed by atoms with Crippen molar-refractivity contribution in [3.05, 3.63) is 0 Å². The van der Waals surface area contributed by atoms with Gasteiger partial charge in [0.1, 0.15) is 0 Å². The van der Waals surface area contributed by atoms with Crippen molar-refractivity contribution < 1.29 is 17.9 Å². The van der Waals surface area contributed by atoms with Gasteiger partial charge in [0.2, 0.25) is 15.9 Å². The van der Waals surface area contributed by atoms with Crippen LogP contribution in [-0.4, -0.2) is 56.8 Å². The molecule has 1 aliphatic heterocycles. The van der Waals surface area contributed by atoms with Gasteiger partial charge in [-0.1, -0.05) is 6.92 Å². The molecule has 6 nitrogen and oxygen atoms in total. The van der Waals surface area contributed by atoms with Crippen LogP contribution in [0.3, 0.4) is 0 Å². The Morgan fingerprint density at radius 3 is 2.40 bits per heavy atom. The smallest absolute Gasteiger partial charge is 0.226 e. The number of hydrogen-bond donors (Lipinski definition) is 1. The van der Waals surface area contributed by atoms with E-state index in [1.165, 1.54) is 19.1 Å². The first-order chi connectivity index (χ1) is 11.8. The fourth-order valence-corrected chi connectivity index (χ4v) is 4.97. The maximum absolute atomic E-state index is 12.7. The number of hydrogen-bond acceptors (Lipinski definition) is 4. The van der Waals surface area contributed by atoms with Crippen molar-refractivity contribution in [1.82, 2.24) is 9.62 Å². The predicted octanol–water partition coefficient (Wildman–Crippen LogP) is 1.90. The summed E-state index contributed by atoms with van der Waals surface area (Å²) < 4.78 is 32.4. The quantitative estimate of drug-likeness (QED) is 0.773. The molecule has 3 fully saturated rings. The van der Waals surface area contributed by atoms with E-state index in [1.54, 1.807) is 0 Å². The average Bonchev–Trinajstić information content (AvgIpc) is 3.38. The van der Waals surface area contributed by atoms with Crippen LogP contribution in [0.5, 0.6) is 0 Å². The molecule has 25 heavy (non-hydrogen) atoms. The van der Waals surface area contributed by atoms with Gasteiger partial charge >= 0.3 is 0 Å². The monoisotopic (exact) mass is 372 g/mol. The third-order valence-corrected chi connectivity index (χ3v) is 6.55. The lowest BCUT2D eigenvalue weighted by Gasteiger charge is -2.42. The average molecular weight is 373 g/mol. The minimum absolute atomic E-state index is 0.148. The highest BCUT2D eigenvalue weighted by atomic mass is 32.2. The van der Waals surface area contributed by atoms with Crippen molar-refractivity contribution in [2.24, 2.45) is 11.8 Å². The molecule has 2 atom stereocenters. The summed E-state index contributed by atoms with van der Waals surface area (Å²) in [6, 6.07) is -0.426. The van der Waals surface area contributed by atoms with Crippen molar-refractivity contribution in [1.29, 1.82) is 0 Å². The Balaban J connectivity index is 1.65. The van der Waals surface area contributed by atoms with Crippen LogP contribution in [0.2, 0.25) is 0 Å². The molecule has 1 N–H and O–H groups in total. The molecule has 2 aliphatic carbocycles. The van der Waals surface area contributed by atoms with Crippen molar-refractivity contribution in [2.75, 3.05) is 19.4 Å². The highest BCUT2D eigenvalue weighted by molar-refractivity contribution is 7.88. The van der Waals surface area contributed by atoms with E-state index in [0.29, 0.717) is 13.2 Å². The van der Waals surface area contributed by atoms with E-state index in [2.05, 4.69) is 11.6 Å². The summed E-state index contributed by atoms with van der Waals surface area (Å²) in [5.74, 6) is 1.10. The van der Waals surface area contributed by atoms with Gasteiger partial charge in [0.05, 0.1) is 25.0 Å². The number of piperidine rings is 1. The van der Waals surface area contributed by atoms with Gasteiger partial charge < -0.3 is 9.64 Å². The number of likely N-dealkylation sites (tertiary alicyclic amines) is 1. The van der Waals surface area contributed by atoms with Crippen LogP contribution in [-0.2, 0) is 19.6 Å².